The van der Waals surface area contributed by atoms with E-state index >= 15 is 0 Å². The first-order valence-electron chi connectivity index (χ1n) is 7.42. The van der Waals surface area contributed by atoms with Gasteiger partial charge in [0.2, 0.25) is 5.91 Å². The minimum Gasteiger partial charge on any atom is -0.355 e. The molecule has 3 rings (SSSR count). The minimum absolute atomic E-state index is 0.138. The van der Waals surface area contributed by atoms with Gasteiger partial charge < -0.3 is 5.32 Å². The zero-order valence-corrected chi connectivity index (χ0v) is 12.0. The monoisotopic (exact) mass is 280 g/mol. The van der Waals surface area contributed by atoms with Crippen molar-refractivity contribution in [2.24, 2.45) is 0 Å². The van der Waals surface area contributed by atoms with Crippen LogP contribution in [0.25, 0.3) is 0 Å². The third-order valence-corrected chi connectivity index (χ3v) is 3.95. The number of hydrogen-bond donors (Lipinski definition) is 1. The SMILES string of the molecule is O=C1CC(c2ccccc2)N(Cc2ccccc2)CCN1. The average Bonchev–Trinajstić information content (AvgIpc) is 2.71. The number of carbonyl (C=O) groups excluding carboxylic acids is 1. The Balaban J connectivity index is 1.85. The number of carbonyl (C=O) groups is 1. The highest BCUT2D eigenvalue weighted by molar-refractivity contribution is 5.77. The Morgan fingerprint density at radius 3 is 2.38 bits per heavy atom. The molecule has 1 aliphatic rings. The molecule has 2 aromatic carbocycles. The smallest absolute Gasteiger partial charge is 0.221 e. The van der Waals surface area contributed by atoms with Gasteiger partial charge in [-0.3, -0.25) is 9.69 Å². The molecule has 1 N–H and O–H groups in total. The third-order valence-electron chi connectivity index (χ3n) is 3.95. The first kappa shape index (κ1) is 13.8. The quantitative estimate of drug-likeness (QED) is 0.937. The Bertz CT molecular complexity index is 583. The highest BCUT2D eigenvalue weighted by Gasteiger charge is 2.25. The van der Waals surface area contributed by atoms with Crippen LogP contribution in [0.2, 0.25) is 0 Å². The summed E-state index contributed by atoms with van der Waals surface area (Å²) in [4.78, 5) is 14.3. The Morgan fingerprint density at radius 2 is 1.67 bits per heavy atom. The predicted octanol–water partition coefficient (Wildman–Crippen LogP) is 2.75. The maximum Gasteiger partial charge on any atom is 0.221 e. The van der Waals surface area contributed by atoms with Crippen molar-refractivity contribution in [1.29, 1.82) is 0 Å². The Kier molecular flexibility index (Phi) is 4.31. The predicted molar refractivity (Wildman–Crippen MR) is 83.7 cm³/mol. The van der Waals surface area contributed by atoms with Crippen molar-refractivity contribution in [2.45, 2.75) is 19.0 Å². The average molecular weight is 280 g/mol. The molecule has 1 unspecified atom stereocenters. The summed E-state index contributed by atoms with van der Waals surface area (Å²) in [6.45, 7) is 2.46. The maximum absolute atomic E-state index is 11.9. The van der Waals surface area contributed by atoms with Gasteiger partial charge in [0.15, 0.2) is 0 Å². The number of nitrogens with one attached hydrogen (secondary N) is 1. The van der Waals surface area contributed by atoms with Gasteiger partial charge in [-0.1, -0.05) is 60.7 Å². The van der Waals surface area contributed by atoms with Crippen LogP contribution < -0.4 is 5.32 Å². The van der Waals surface area contributed by atoms with E-state index in [4.69, 9.17) is 0 Å². The summed E-state index contributed by atoms with van der Waals surface area (Å²) in [5.74, 6) is 0.138. The Morgan fingerprint density at radius 1 is 1.00 bits per heavy atom. The van der Waals surface area contributed by atoms with E-state index < -0.39 is 0 Å². The summed E-state index contributed by atoms with van der Waals surface area (Å²) in [6.07, 6.45) is 0.525. The van der Waals surface area contributed by atoms with Crippen molar-refractivity contribution in [1.82, 2.24) is 10.2 Å². The lowest BCUT2D eigenvalue weighted by Gasteiger charge is -2.29. The van der Waals surface area contributed by atoms with Crippen LogP contribution in [0.1, 0.15) is 23.6 Å². The van der Waals surface area contributed by atoms with Gasteiger partial charge in [0.05, 0.1) is 0 Å². The third kappa shape index (κ3) is 3.50. The molecule has 1 amide bonds. The summed E-state index contributed by atoms with van der Waals surface area (Å²) in [5.41, 5.74) is 2.50. The lowest BCUT2D eigenvalue weighted by molar-refractivity contribution is -0.121. The lowest BCUT2D eigenvalue weighted by Crippen LogP contribution is -2.30. The maximum atomic E-state index is 11.9. The van der Waals surface area contributed by atoms with Gasteiger partial charge in [-0.15, -0.1) is 0 Å². The van der Waals surface area contributed by atoms with Crippen molar-refractivity contribution in [2.75, 3.05) is 13.1 Å². The lowest BCUT2D eigenvalue weighted by atomic mass is 10.0. The molecule has 2 aromatic rings. The fourth-order valence-corrected chi connectivity index (χ4v) is 2.88. The normalized spacial score (nSPS) is 19.8. The van der Waals surface area contributed by atoms with Crippen molar-refractivity contribution in [3.05, 3.63) is 71.8 Å². The molecular weight excluding hydrogens is 260 g/mol. The molecule has 1 saturated heterocycles. The molecular formula is C18H20N2O. The molecule has 0 spiro atoms. The van der Waals surface area contributed by atoms with E-state index in [1.165, 1.54) is 11.1 Å². The molecule has 108 valence electrons. The first-order chi connectivity index (χ1) is 10.3. The van der Waals surface area contributed by atoms with E-state index in [-0.39, 0.29) is 11.9 Å². The van der Waals surface area contributed by atoms with Gasteiger partial charge >= 0.3 is 0 Å². The molecule has 1 heterocycles. The van der Waals surface area contributed by atoms with Crippen LogP contribution in [0, 0.1) is 0 Å². The molecule has 0 saturated carbocycles. The number of rotatable bonds is 3. The van der Waals surface area contributed by atoms with E-state index in [2.05, 4.69) is 46.6 Å². The summed E-state index contributed by atoms with van der Waals surface area (Å²) in [6, 6.07) is 20.9. The molecule has 1 aliphatic heterocycles. The Hall–Kier alpha value is -2.13. The molecule has 0 radical (unpaired) electrons. The molecule has 0 aromatic heterocycles. The van der Waals surface area contributed by atoms with Crippen LogP contribution in [0.5, 0.6) is 0 Å². The van der Waals surface area contributed by atoms with E-state index in [9.17, 15) is 4.79 Å². The molecule has 21 heavy (non-hydrogen) atoms. The van der Waals surface area contributed by atoms with Crippen LogP contribution in [-0.4, -0.2) is 23.9 Å². The first-order valence-corrected chi connectivity index (χ1v) is 7.42. The molecule has 3 nitrogen and oxygen atoms in total. The van der Waals surface area contributed by atoms with Gasteiger partial charge in [-0.25, -0.2) is 0 Å². The highest BCUT2D eigenvalue weighted by Crippen LogP contribution is 2.27. The van der Waals surface area contributed by atoms with E-state index in [0.29, 0.717) is 6.42 Å². The summed E-state index contributed by atoms with van der Waals surface area (Å²) in [5, 5.41) is 2.98. The molecule has 0 aliphatic carbocycles. The van der Waals surface area contributed by atoms with Gasteiger partial charge in [0.1, 0.15) is 0 Å². The van der Waals surface area contributed by atoms with Crippen LogP contribution in [0.4, 0.5) is 0 Å². The number of amides is 1. The number of benzene rings is 2. The van der Waals surface area contributed by atoms with Crippen LogP contribution in [0.15, 0.2) is 60.7 Å². The van der Waals surface area contributed by atoms with Gasteiger partial charge in [-0.2, -0.15) is 0 Å². The van der Waals surface area contributed by atoms with Crippen molar-refractivity contribution >= 4 is 5.91 Å². The standard InChI is InChI=1S/C18H20N2O/c21-18-13-17(16-9-5-2-6-10-16)20(12-11-19-18)14-15-7-3-1-4-8-15/h1-10,17H,11-14H2,(H,19,21). The molecule has 1 fully saturated rings. The topological polar surface area (TPSA) is 32.3 Å². The number of hydrogen-bond acceptors (Lipinski definition) is 2. The molecule has 1 atom stereocenters. The fraction of sp³-hybridized carbons (Fsp3) is 0.278. The highest BCUT2D eigenvalue weighted by atomic mass is 16.1. The summed E-state index contributed by atoms with van der Waals surface area (Å²) >= 11 is 0. The van der Waals surface area contributed by atoms with Crippen molar-refractivity contribution in [3.8, 4) is 0 Å². The number of nitrogens with zero attached hydrogens (tertiary/aromatic N) is 1. The van der Waals surface area contributed by atoms with E-state index in [1.54, 1.807) is 0 Å². The van der Waals surface area contributed by atoms with E-state index in [0.717, 1.165) is 19.6 Å². The van der Waals surface area contributed by atoms with Gasteiger partial charge in [-0.05, 0) is 11.1 Å². The van der Waals surface area contributed by atoms with Crippen LogP contribution in [0.3, 0.4) is 0 Å². The minimum atomic E-state index is 0.138. The largest absolute Gasteiger partial charge is 0.355 e. The zero-order chi connectivity index (χ0) is 14.5. The zero-order valence-electron chi connectivity index (χ0n) is 12.0. The van der Waals surface area contributed by atoms with Crippen molar-refractivity contribution in [3.63, 3.8) is 0 Å². The van der Waals surface area contributed by atoms with Crippen LogP contribution >= 0.6 is 0 Å². The summed E-state index contributed by atoms with van der Waals surface area (Å²) < 4.78 is 0. The second kappa shape index (κ2) is 6.55. The fourth-order valence-electron chi connectivity index (χ4n) is 2.88. The molecule has 3 heteroatoms. The summed E-state index contributed by atoms with van der Waals surface area (Å²) in [7, 11) is 0. The second-order valence-corrected chi connectivity index (χ2v) is 5.44. The van der Waals surface area contributed by atoms with Gasteiger partial charge in [0, 0.05) is 32.1 Å². The second-order valence-electron chi connectivity index (χ2n) is 5.44. The van der Waals surface area contributed by atoms with Crippen LogP contribution in [-0.2, 0) is 11.3 Å². The van der Waals surface area contributed by atoms with Gasteiger partial charge in [0.25, 0.3) is 0 Å². The Labute approximate surface area is 125 Å². The van der Waals surface area contributed by atoms with E-state index in [1.807, 2.05) is 24.3 Å². The molecule has 0 bridgehead atoms. The van der Waals surface area contributed by atoms with Crippen molar-refractivity contribution < 1.29 is 4.79 Å².